The van der Waals surface area contributed by atoms with Gasteiger partial charge in [0.2, 0.25) is 0 Å². The third-order valence-electron chi connectivity index (χ3n) is 3.86. The van der Waals surface area contributed by atoms with Gasteiger partial charge in [0, 0.05) is 0 Å². The molecule has 0 fully saturated rings. The fourth-order valence-corrected chi connectivity index (χ4v) is 2.35. The summed E-state index contributed by atoms with van der Waals surface area (Å²) in [5, 5.41) is 0. The Morgan fingerprint density at radius 2 is 1.39 bits per heavy atom. The summed E-state index contributed by atoms with van der Waals surface area (Å²) in [4.78, 5) is 11.2. The van der Waals surface area contributed by atoms with Crippen LogP contribution in [0.15, 0.2) is 12.2 Å². The van der Waals surface area contributed by atoms with E-state index in [1.807, 2.05) is 0 Å². The maximum absolute atomic E-state index is 12.3. The molecule has 0 amide bonds. The van der Waals surface area contributed by atoms with Gasteiger partial charge in [-0.1, -0.05) is 71.3 Å². The van der Waals surface area contributed by atoms with Crippen molar-refractivity contribution in [1.29, 1.82) is 0 Å². The van der Waals surface area contributed by atoms with E-state index in [1.165, 1.54) is 44.9 Å². The maximum Gasteiger partial charge on any atom is 0.422 e. The lowest BCUT2D eigenvalue weighted by Gasteiger charge is -2.15. The number of hydrogen-bond acceptors (Lipinski definition) is 2. The van der Waals surface area contributed by atoms with Crippen molar-refractivity contribution in [2.24, 2.45) is 0 Å². The molecule has 2 nitrogen and oxygen atoms in total. The highest BCUT2D eigenvalue weighted by molar-refractivity contribution is 5.89. The monoisotopic (exact) mass is 336 g/mol. The lowest BCUT2D eigenvalue weighted by Crippen LogP contribution is -2.24. The molecule has 0 N–H and O–H groups in total. The minimum Gasteiger partial charge on any atom is -0.459 e. The highest BCUT2D eigenvalue weighted by atomic mass is 19.4. The Hall–Kier alpha value is -1.00. The second-order valence-electron chi connectivity index (χ2n) is 6.16. The van der Waals surface area contributed by atoms with E-state index in [4.69, 9.17) is 4.74 Å². The van der Waals surface area contributed by atoms with Crippen LogP contribution in [-0.4, -0.2) is 18.2 Å². The first-order valence-electron chi connectivity index (χ1n) is 8.76. The number of unbranched alkanes of at least 4 members (excludes halogenated alkanes) is 9. The van der Waals surface area contributed by atoms with Gasteiger partial charge in [0.15, 0.2) is 0 Å². The number of esters is 1. The third kappa shape index (κ3) is 12.1. The maximum atomic E-state index is 12.3. The Balaban J connectivity index is 3.55. The van der Waals surface area contributed by atoms with Crippen LogP contribution in [0.25, 0.3) is 0 Å². The first-order valence-corrected chi connectivity index (χ1v) is 8.76. The Bertz CT molecular complexity index is 338. The van der Waals surface area contributed by atoms with Crippen LogP contribution in [0.3, 0.4) is 0 Å². The van der Waals surface area contributed by atoms with E-state index in [2.05, 4.69) is 13.5 Å². The van der Waals surface area contributed by atoms with Crippen molar-refractivity contribution in [2.45, 2.75) is 96.8 Å². The summed E-state index contributed by atoms with van der Waals surface area (Å²) in [5.74, 6) is -1.36. The molecular weight excluding hydrogens is 305 g/mol. The van der Waals surface area contributed by atoms with Crippen LogP contribution in [0.5, 0.6) is 0 Å². The fraction of sp³-hybridized carbons (Fsp3) is 0.833. The van der Waals surface area contributed by atoms with Crippen molar-refractivity contribution >= 4 is 5.97 Å². The largest absolute Gasteiger partial charge is 0.459 e. The van der Waals surface area contributed by atoms with Crippen molar-refractivity contribution in [2.75, 3.05) is 0 Å². The molecule has 23 heavy (non-hydrogen) atoms. The third-order valence-corrected chi connectivity index (χ3v) is 3.86. The molecule has 1 unspecified atom stereocenters. The summed E-state index contributed by atoms with van der Waals surface area (Å²) in [6, 6.07) is 0. The van der Waals surface area contributed by atoms with Crippen molar-refractivity contribution in [1.82, 2.24) is 0 Å². The van der Waals surface area contributed by atoms with Gasteiger partial charge in [-0.05, 0) is 19.8 Å². The molecule has 0 heterocycles. The summed E-state index contributed by atoms with van der Waals surface area (Å²) in [5.41, 5.74) is -1.44. The number of ether oxygens (including phenoxy) is 1. The quantitative estimate of drug-likeness (QED) is 0.223. The second-order valence-corrected chi connectivity index (χ2v) is 6.16. The Morgan fingerprint density at radius 1 is 0.957 bits per heavy atom. The predicted octanol–water partition coefficient (Wildman–Crippen LogP) is 6.35. The molecule has 0 rings (SSSR count). The average Bonchev–Trinajstić information content (AvgIpc) is 2.47. The SMILES string of the molecule is C=C(C(=O)OC(C)CCCCCCCCCCCC)C(F)(F)F. The van der Waals surface area contributed by atoms with Gasteiger partial charge < -0.3 is 4.74 Å². The summed E-state index contributed by atoms with van der Waals surface area (Å²) < 4.78 is 41.6. The standard InChI is InChI=1S/C18H31F3O2/c1-4-5-6-7-8-9-10-11-12-13-14-15(2)23-17(22)16(3)18(19,20)21/h15H,3-14H2,1-2H3. The molecule has 0 spiro atoms. The molecule has 0 aliphatic carbocycles. The number of halogens is 3. The lowest BCUT2D eigenvalue weighted by molar-refractivity contribution is -0.154. The van der Waals surface area contributed by atoms with E-state index in [0.717, 1.165) is 19.3 Å². The van der Waals surface area contributed by atoms with Crippen LogP contribution in [0.1, 0.15) is 84.5 Å². The van der Waals surface area contributed by atoms with Gasteiger partial charge in [0.05, 0.1) is 6.10 Å². The van der Waals surface area contributed by atoms with E-state index >= 15 is 0 Å². The molecular formula is C18H31F3O2. The van der Waals surface area contributed by atoms with Crippen molar-refractivity contribution in [3.63, 3.8) is 0 Å². The van der Waals surface area contributed by atoms with E-state index in [9.17, 15) is 18.0 Å². The zero-order chi connectivity index (χ0) is 17.7. The Labute approximate surface area is 138 Å². The first-order chi connectivity index (χ1) is 10.8. The van der Waals surface area contributed by atoms with Gasteiger partial charge in [-0.15, -0.1) is 0 Å². The van der Waals surface area contributed by atoms with Crippen LogP contribution in [-0.2, 0) is 9.53 Å². The second kappa shape index (κ2) is 12.4. The highest BCUT2D eigenvalue weighted by Crippen LogP contribution is 2.25. The molecule has 0 saturated heterocycles. The van der Waals surface area contributed by atoms with E-state index < -0.39 is 23.8 Å². The Morgan fingerprint density at radius 3 is 1.83 bits per heavy atom. The fourth-order valence-electron chi connectivity index (χ4n) is 2.35. The first kappa shape index (κ1) is 22.0. The van der Waals surface area contributed by atoms with Crippen molar-refractivity contribution in [3.8, 4) is 0 Å². The topological polar surface area (TPSA) is 26.3 Å². The van der Waals surface area contributed by atoms with Gasteiger partial charge in [-0.3, -0.25) is 0 Å². The number of carbonyl (C=O) groups excluding carboxylic acids is 1. The van der Waals surface area contributed by atoms with Gasteiger partial charge >= 0.3 is 12.1 Å². The molecule has 0 aromatic carbocycles. The van der Waals surface area contributed by atoms with Gasteiger partial charge in [-0.25, -0.2) is 4.79 Å². The average molecular weight is 336 g/mol. The van der Waals surface area contributed by atoms with Crippen molar-refractivity contribution in [3.05, 3.63) is 12.2 Å². The molecule has 0 aromatic rings. The number of carbonyl (C=O) groups is 1. The van der Waals surface area contributed by atoms with Gasteiger partial charge in [0.25, 0.3) is 0 Å². The number of hydrogen-bond donors (Lipinski definition) is 0. The predicted molar refractivity (Wildman–Crippen MR) is 87.2 cm³/mol. The molecule has 0 aliphatic rings. The molecule has 0 aliphatic heterocycles. The number of alkyl halides is 3. The van der Waals surface area contributed by atoms with Gasteiger partial charge in [-0.2, -0.15) is 13.2 Å². The van der Waals surface area contributed by atoms with Crippen LogP contribution in [0, 0.1) is 0 Å². The molecule has 1 atom stereocenters. The minimum atomic E-state index is -4.71. The van der Waals surface area contributed by atoms with Crippen molar-refractivity contribution < 1.29 is 22.7 Å². The normalized spacial score (nSPS) is 12.9. The number of rotatable bonds is 13. The lowest BCUT2D eigenvalue weighted by atomic mass is 10.0. The van der Waals surface area contributed by atoms with E-state index in [-0.39, 0.29) is 0 Å². The van der Waals surface area contributed by atoms with Crippen LogP contribution in [0.4, 0.5) is 13.2 Å². The molecule has 136 valence electrons. The summed E-state index contributed by atoms with van der Waals surface area (Å²) >= 11 is 0. The summed E-state index contributed by atoms with van der Waals surface area (Å²) in [7, 11) is 0. The van der Waals surface area contributed by atoms with Crippen LogP contribution in [0.2, 0.25) is 0 Å². The van der Waals surface area contributed by atoms with E-state index in [1.54, 1.807) is 6.92 Å². The molecule has 0 aromatic heterocycles. The smallest absolute Gasteiger partial charge is 0.422 e. The van der Waals surface area contributed by atoms with E-state index in [0.29, 0.717) is 6.42 Å². The molecule has 0 saturated carbocycles. The molecule has 0 radical (unpaired) electrons. The Kier molecular flexibility index (Phi) is 11.9. The van der Waals surface area contributed by atoms with Crippen LogP contribution >= 0.6 is 0 Å². The summed E-state index contributed by atoms with van der Waals surface area (Å²) in [6.07, 6.45) is 7.34. The van der Waals surface area contributed by atoms with Gasteiger partial charge in [0.1, 0.15) is 5.57 Å². The zero-order valence-corrected chi connectivity index (χ0v) is 14.5. The van der Waals surface area contributed by atoms with Crippen LogP contribution < -0.4 is 0 Å². The zero-order valence-electron chi connectivity index (χ0n) is 14.5. The molecule has 0 bridgehead atoms. The molecule has 5 heteroatoms. The summed E-state index contributed by atoms with van der Waals surface area (Å²) in [6.45, 7) is 6.56. The highest BCUT2D eigenvalue weighted by Gasteiger charge is 2.38. The minimum absolute atomic E-state index is 0.504.